The molecule has 0 spiro atoms. The summed E-state index contributed by atoms with van der Waals surface area (Å²) in [7, 11) is 0. The standard InChI is InChI=1S/C24H24N6OS/c1-15-5-7-19(8-6-15)30-23(20-13-25-9-10-26-20)28-29-24(30)32-14-21(31)27-22-17(3)11-16(2)12-18(22)4/h5-13H,14H2,1-4H3,(H,27,31). The molecule has 2 heterocycles. The topological polar surface area (TPSA) is 85.6 Å². The maximum absolute atomic E-state index is 12.7. The van der Waals surface area contributed by atoms with Gasteiger partial charge < -0.3 is 5.32 Å². The third kappa shape index (κ3) is 4.70. The molecule has 0 bridgehead atoms. The van der Waals surface area contributed by atoms with Gasteiger partial charge in [-0.05, 0) is 51.0 Å². The van der Waals surface area contributed by atoms with E-state index in [1.807, 2.05) is 56.5 Å². The van der Waals surface area contributed by atoms with Crippen LogP contribution < -0.4 is 5.32 Å². The van der Waals surface area contributed by atoms with Crippen LogP contribution >= 0.6 is 11.8 Å². The first kappa shape index (κ1) is 21.7. The van der Waals surface area contributed by atoms with Gasteiger partial charge in [-0.2, -0.15) is 0 Å². The number of nitrogens with one attached hydrogen (secondary N) is 1. The van der Waals surface area contributed by atoms with Crippen LogP contribution in [0.5, 0.6) is 0 Å². The fourth-order valence-electron chi connectivity index (χ4n) is 3.55. The Morgan fingerprint density at radius 1 is 0.969 bits per heavy atom. The minimum atomic E-state index is -0.0930. The average Bonchev–Trinajstić information content (AvgIpc) is 3.20. The van der Waals surface area contributed by atoms with E-state index in [1.165, 1.54) is 17.3 Å². The molecule has 2 aromatic carbocycles. The zero-order valence-electron chi connectivity index (χ0n) is 18.5. The smallest absolute Gasteiger partial charge is 0.234 e. The number of anilines is 1. The highest BCUT2D eigenvalue weighted by atomic mass is 32.2. The van der Waals surface area contributed by atoms with Crippen LogP contribution in [-0.4, -0.2) is 36.4 Å². The van der Waals surface area contributed by atoms with Crippen LogP contribution in [0.3, 0.4) is 0 Å². The van der Waals surface area contributed by atoms with Gasteiger partial charge in [-0.1, -0.05) is 47.2 Å². The van der Waals surface area contributed by atoms with Crippen LogP contribution in [0.4, 0.5) is 5.69 Å². The Kier molecular flexibility index (Phi) is 6.32. The summed E-state index contributed by atoms with van der Waals surface area (Å²) in [5.41, 5.74) is 6.80. The first-order valence-corrected chi connectivity index (χ1v) is 11.2. The van der Waals surface area contributed by atoms with Gasteiger partial charge in [0, 0.05) is 23.8 Å². The van der Waals surface area contributed by atoms with E-state index in [0.29, 0.717) is 16.7 Å². The maximum Gasteiger partial charge on any atom is 0.234 e. The number of carbonyl (C=O) groups excluding carboxylic acids is 1. The van der Waals surface area contributed by atoms with Crippen LogP contribution in [0.1, 0.15) is 22.3 Å². The third-order valence-corrected chi connectivity index (χ3v) is 5.92. The Balaban J connectivity index is 1.59. The quantitative estimate of drug-likeness (QED) is 0.434. The largest absolute Gasteiger partial charge is 0.325 e. The van der Waals surface area contributed by atoms with E-state index in [4.69, 9.17) is 0 Å². The highest BCUT2D eigenvalue weighted by molar-refractivity contribution is 7.99. The van der Waals surface area contributed by atoms with Gasteiger partial charge >= 0.3 is 0 Å². The lowest BCUT2D eigenvalue weighted by Gasteiger charge is -2.13. The van der Waals surface area contributed by atoms with Crippen LogP contribution in [-0.2, 0) is 4.79 Å². The maximum atomic E-state index is 12.7. The van der Waals surface area contributed by atoms with Crippen molar-refractivity contribution in [1.82, 2.24) is 24.7 Å². The monoisotopic (exact) mass is 444 g/mol. The molecule has 0 radical (unpaired) electrons. The van der Waals surface area contributed by atoms with E-state index < -0.39 is 0 Å². The summed E-state index contributed by atoms with van der Waals surface area (Å²) < 4.78 is 1.91. The molecule has 8 heteroatoms. The number of thioether (sulfide) groups is 1. The molecular formula is C24H24N6OS. The van der Waals surface area contributed by atoms with Gasteiger partial charge in [0.1, 0.15) is 5.69 Å². The molecule has 0 fully saturated rings. The van der Waals surface area contributed by atoms with Crippen molar-refractivity contribution in [3.05, 3.63) is 77.2 Å². The van der Waals surface area contributed by atoms with Gasteiger partial charge in [0.05, 0.1) is 11.9 Å². The molecule has 0 saturated heterocycles. The molecule has 2 aromatic heterocycles. The van der Waals surface area contributed by atoms with Crippen LogP contribution in [0.25, 0.3) is 17.2 Å². The number of aryl methyl sites for hydroxylation is 4. The second kappa shape index (κ2) is 9.32. The van der Waals surface area contributed by atoms with E-state index in [1.54, 1.807) is 18.6 Å². The van der Waals surface area contributed by atoms with Crippen molar-refractivity contribution in [2.24, 2.45) is 0 Å². The van der Waals surface area contributed by atoms with Gasteiger partial charge in [0.25, 0.3) is 0 Å². The molecule has 1 N–H and O–H groups in total. The van der Waals surface area contributed by atoms with E-state index in [9.17, 15) is 4.79 Å². The summed E-state index contributed by atoms with van der Waals surface area (Å²) in [5, 5.41) is 12.3. The fourth-order valence-corrected chi connectivity index (χ4v) is 4.31. The average molecular weight is 445 g/mol. The predicted molar refractivity (Wildman–Crippen MR) is 127 cm³/mol. The zero-order chi connectivity index (χ0) is 22.7. The van der Waals surface area contributed by atoms with Crippen molar-refractivity contribution in [2.45, 2.75) is 32.9 Å². The molecule has 0 aliphatic rings. The lowest BCUT2D eigenvalue weighted by atomic mass is 10.1. The minimum Gasteiger partial charge on any atom is -0.325 e. The molecule has 32 heavy (non-hydrogen) atoms. The number of rotatable bonds is 6. The molecule has 7 nitrogen and oxygen atoms in total. The molecule has 0 aliphatic heterocycles. The lowest BCUT2D eigenvalue weighted by molar-refractivity contribution is -0.113. The number of hydrogen-bond acceptors (Lipinski definition) is 6. The molecule has 0 atom stereocenters. The van der Waals surface area contributed by atoms with Gasteiger partial charge in [0.2, 0.25) is 5.91 Å². The Hall–Kier alpha value is -3.52. The highest BCUT2D eigenvalue weighted by Gasteiger charge is 2.18. The summed E-state index contributed by atoms with van der Waals surface area (Å²) in [6.45, 7) is 8.09. The van der Waals surface area contributed by atoms with E-state index in [0.717, 1.165) is 28.1 Å². The zero-order valence-corrected chi connectivity index (χ0v) is 19.3. The summed E-state index contributed by atoms with van der Waals surface area (Å²) in [5.74, 6) is 0.691. The summed E-state index contributed by atoms with van der Waals surface area (Å²) in [6, 6.07) is 12.2. The highest BCUT2D eigenvalue weighted by Crippen LogP contribution is 2.28. The molecule has 0 aliphatic carbocycles. The van der Waals surface area contributed by atoms with Crippen molar-refractivity contribution in [2.75, 3.05) is 11.1 Å². The number of benzene rings is 2. The molecule has 4 rings (SSSR count). The molecule has 162 valence electrons. The molecule has 1 amide bonds. The molecule has 0 unspecified atom stereocenters. The summed E-state index contributed by atoms with van der Waals surface area (Å²) in [6.07, 6.45) is 4.89. The van der Waals surface area contributed by atoms with Gasteiger partial charge in [0.15, 0.2) is 11.0 Å². The first-order valence-electron chi connectivity index (χ1n) is 10.2. The number of aromatic nitrogens is 5. The van der Waals surface area contributed by atoms with Crippen molar-refractivity contribution in [1.29, 1.82) is 0 Å². The molecule has 0 saturated carbocycles. The lowest BCUT2D eigenvalue weighted by Crippen LogP contribution is -2.16. The van der Waals surface area contributed by atoms with E-state index >= 15 is 0 Å². The SMILES string of the molecule is Cc1ccc(-n2c(SCC(=O)Nc3c(C)cc(C)cc3C)nnc2-c2cnccn2)cc1. The summed E-state index contributed by atoms with van der Waals surface area (Å²) in [4.78, 5) is 21.3. The van der Waals surface area contributed by atoms with Crippen LogP contribution in [0.15, 0.2) is 60.1 Å². The normalized spacial score (nSPS) is 10.9. The number of nitrogens with zero attached hydrogens (tertiary/aromatic N) is 5. The van der Waals surface area contributed by atoms with Gasteiger partial charge in [-0.3, -0.25) is 14.3 Å². The Bertz CT molecular complexity index is 1230. The number of carbonyl (C=O) groups is 1. The van der Waals surface area contributed by atoms with Crippen LogP contribution in [0.2, 0.25) is 0 Å². The molecular weight excluding hydrogens is 420 g/mol. The van der Waals surface area contributed by atoms with Crippen molar-refractivity contribution in [3.8, 4) is 17.2 Å². The minimum absolute atomic E-state index is 0.0930. The van der Waals surface area contributed by atoms with Crippen molar-refractivity contribution < 1.29 is 4.79 Å². The van der Waals surface area contributed by atoms with Crippen molar-refractivity contribution >= 4 is 23.4 Å². The third-order valence-electron chi connectivity index (χ3n) is 4.99. The second-order valence-electron chi connectivity index (χ2n) is 7.68. The van der Waals surface area contributed by atoms with Crippen molar-refractivity contribution in [3.63, 3.8) is 0 Å². The predicted octanol–water partition coefficient (Wildman–Crippen LogP) is 4.69. The van der Waals surface area contributed by atoms with E-state index in [2.05, 4.69) is 37.6 Å². The molecule has 4 aromatic rings. The van der Waals surface area contributed by atoms with E-state index in [-0.39, 0.29) is 11.7 Å². The Morgan fingerprint density at radius 3 is 2.34 bits per heavy atom. The first-order chi connectivity index (χ1) is 15.4. The van der Waals surface area contributed by atoms with Crippen LogP contribution in [0, 0.1) is 27.7 Å². The van der Waals surface area contributed by atoms with Gasteiger partial charge in [-0.25, -0.2) is 4.98 Å². The van der Waals surface area contributed by atoms with Gasteiger partial charge in [-0.15, -0.1) is 10.2 Å². The number of hydrogen-bond donors (Lipinski definition) is 1. The summed E-state index contributed by atoms with van der Waals surface area (Å²) >= 11 is 1.33. The second-order valence-corrected chi connectivity index (χ2v) is 8.62. The number of amides is 1. The Labute approximate surface area is 191 Å². The Morgan fingerprint density at radius 2 is 1.69 bits per heavy atom. The fraction of sp³-hybridized carbons (Fsp3) is 0.208.